The van der Waals surface area contributed by atoms with Gasteiger partial charge in [-0.05, 0) is 24.3 Å². The summed E-state index contributed by atoms with van der Waals surface area (Å²) < 4.78 is 32.0. The average Bonchev–Trinajstić information content (AvgIpc) is 2.58. The molecule has 24 heavy (non-hydrogen) atoms. The second-order valence-corrected chi connectivity index (χ2v) is 6.68. The van der Waals surface area contributed by atoms with Gasteiger partial charge in [0, 0.05) is 6.07 Å². The molecule has 2 aromatic rings. The summed E-state index contributed by atoms with van der Waals surface area (Å²) in [6.07, 6.45) is 1.48. The first kappa shape index (κ1) is 17.6. The van der Waals surface area contributed by atoms with Crippen LogP contribution in [-0.4, -0.2) is 32.6 Å². The average molecular weight is 347 g/mol. The summed E-state index contributed by atoms with van der Waals surface area (Å²) in [5, 5.41) is 8.67. The molecule has 6 nitrogen and oxygen atoms in total. The molecular weight excluding hydrogens is 330 g/mol. The molecule has 0 amide bonds. The van der Waals surface area contributed by atoms with Gasteiger partial charge in [0.05, 0.1) is 17.1 Å². The topological polar surface area (TPSA) is 83.9 Å². The van der Waals surface area contributed by atoms with E-state index in [0.29, 0.717) is 5.69 Å². The van der Waals surface area contributed by atoms with Crippen molar-refractivity contribution in [3.05, 3.63) is 67.3 Å². The van der Waals surface area contributed by atoms with E-state index in [1.54, 1.807) is 36.4 Å². The quantitative estimate of drug-likeness (QED) is 0.742. The van der Waals surface area contributed by atoms with E-state index in [0.717, 1.165) is 0 Å². The van der Waals surface area contributed by atoms with Crippen molar-refractivity contribution >= 4 is 21.7 Å². The van der Waals surface area contributed by atoms with E-state index in [-0.39, 0.29) is 17.2 Å². The first-order valence-corrected chi connectivity index (χ1v) is 8.52. The standard InChI is InChI=1S/C17H17NO5S/c1-2-11-18(24(21,22)16-9-4-3-5-10-16)14-7-6-8-15(12-14)23-13-17(19)20/h2-10,12H,1,11,13H2,(H,19,20). The number of ether oxygens (including phenoxy) is 1. The predicted octanol–water partition coefficient (Wildman–Crippen LogP) is 2.53. The third-order valence-corrected chi connectivity index (χ3v) is 4.90. The molecule has 0 aliphatic carbocycles. The molecule has 2 rings (SSSR count). The molecule has 0 bridgehead atoms. The highest BCUT2D eigenvalue weighted by atomic mass is 32.2. The normalized spacial score (nSPS) is 10.8. The summed E-state index contributed by atoms with van der Waals surface area (Å²) in [6.45, 7) is 3.17. The molecule has 0 aliphatic heterocycles. The maximum atomic E-state index is 12.8. The smallest absolute Gasteiger partial charge is 0.341 e. The fraction of sp³-hybridized carbons (Fsp3) is 0.118. The zero-order valence-electron chi connectivity index (χ0n) is 12.8. The molecule has 0 unspecified atom stereocenters. The third-order valence-electron chi connectivity index (χ3n) is 3.09. The second kappa shape index (κ2) is 7.65. The molecule has 0 saturated heterocycles. The molecule has 2 aromatic carbocycles. The largest absolute Gasteiger partial charge is 0.482 e. The SMILES string of the molecule is C=CCN(c1cccc(OCC(=O)O)c1)S(=O)(=O)c1ccccc1. The lowest BCUT2D eigenvalue weighted by atomic mass is 10.3. The number of sulfonamides is 1. The maximum absolute atomic E-state index is 12.8. The summed E-state index contributed by atoms with van der Waals surface area (Å²) in [6, 6.07) is 14.3. The number of carbonyl (C=O) groups is 1. The first-order chi connectivity index (χ1) is 11.4. The molecule has 0 spiro atoms. The van der Waals surface area contributed by atoms with Gasteiger partial charge in [-0.2, -0.15) is 0 Å². The van der Waals surface area contributed by atoms with Crippen molar-refractivity contribution in [1.82, 2.24) is 0 Å². The van der Waals surface area contributed by atoms with Crippen LogP contribution in [0.5, 0.6) is 5.75 Å². The van der Waals surface area contributed by atoms with Gasteiger partial charge in [-0.1, -0.05) is 30.3 Å². The van der Waals surface area contributed by atoms with Crippen molar-refractivity contribution < 1.29 is 23.1 Å². The Labute approximate surface area is 140 Å². The number of benzene rings is 2. The van der Waals surface area contributed by atoms with E-state index < -0.39 is 22.6 Å². The minimum absolute atomic E-state index is 0.0691. The van der Waals surface area contributed by atoms with E-state index in [2.05, 4.69) is 6.58 Å². The van der Waals surface area contributed by atoms with Gasteiger partial charge in [-0.25, -0.2) is 13.2 Å². The van der Waals surface area contributed by atoms with E-state index in [4.69, 9.17) is 9.84 Å². The van der Waals surface area contributed by atoms with Gasteiger partial charge >= 0.3 is 5.97 Å². The monoisotopic (exact) mass is 347 g/mol. The molecule has 7 heteroatoms. The number of nitrogens with zero attached hydrogens (tertiary/aromatic N) is 1. The number of aliphatic carboxylic acids is 1. The van der Waals surface area contributed by atoms with Gasteiger partial charge < -0.3 is 9.84 Å². The van der Waals surface area contributed by atoms with Crippen LogP contribution in [0.3, 0.4) is 0 Å². The van der Waals surface area contributed by atoms with E-state index in [1.165, 1.54) is 28.6 Å². The highest BCUT2D eigenvalue weighted by Crippen LogP contribution is 2.27. The van der Waals surface area contributed by atoms with Crippen LogP contribution < -0.4 is 9.04 Å². The van der Waals surface area contributed by atoms with Gasteiger partial charge in [0.1, 0.15) is 5.75 Å². The summed E-state index contributed by atoms with van der Waals surface area (Å²) in [7, 11) is -3.77. The Kier molecular flexibility index (Phi) is 5.59. The van der Waals surface area contributed by atoms with Gasteiger partial charge in [-0.3, -0.25) is 4.31 Å². The van der Waals surface area contributed by atoms with Gasteiger partial charge in [0.2, 0.25) is 0 Å². The Morgan fingerprint density at radius 1 is 1.17 bits per heavy atom. The van der Waals surface area contributed by atoms with Crippen LogP contribution >= 0.6 is 0 Å². The Balaban J connectivity index is 2.39. The third kappa shape index (κ3) is 4.14. The Bertz CT molecular complexity index is 818. The number of carboxylic acids is 1. The van der Waals surface area contributed by atoms with Crippen molar-refractivity contribution in [2.24, 2.45) is 0 Å². The zero-order chi connectivity index (χ0) is 17.6. The van der Waals surface area contributed by atoms with Gasteiger partial charge in [-0.15, -0.1) is 6.58 Å². The molecule has 0 radical (unpaired) electrons. The fourth-order valence-corrected chi connectivity index (χ4v) is 3.50. The maximum Gasteiger partial charge on any atom is 0.341 e. The molecule has 0 atom stereocenters. The van der Waals surface area contributed by atoms with Crippen LogP contribution in [0, 0.1) is 0 Å². The van der Waals surface area contributed by atoms with Crippen molar-refractivity contribution in [3.8, 4) is 5.75 Å². The highest BCUT2D eigenvalue weighted by molar-refractivity contribution is 7.92. The lowest BCUT2D eigenvalue weighted by Crippen LogP contribution is -2.31. The number of carboxylic acid groups (broad SMARTS) is 1. The summed E-state index contributed by atoms with van der Waals surface area (Å²) in [5.41, 5.74) is 0.363. The minimum atomic E-state index is -3.77. The van der Waals surface area contributed by atoms with E-state index in [1.807, 2.05) is 0 Å². The molecule has 0 aliphatic rings. The van der Waals surface area contributed by atoms with Crippen LogP contribution in [0.4, 0.5) is 5.69 Å². The summed E-state index contributed by atoms with van der Waals surface area (Å²) >= 11 is 0. The van der Waals surface area contributed by atoms with Crippen LogP contribution in [-0.2, 0) is 14.8 Å². The predicted molar refractivity (Wildman–Crippen MR) is 90.7 cm³/mol. The molecule has 0 heterocycles. The van der Waals surface area contributed by atoms with Crippen LogP contribution in [0.15, 0.2) is 72.1 Å². The zero-order valence-corrected chi connectivity index (χ0v) is 13.6. The van der Waals surface area contributed by atoms with Gasteiger partial charge in [0.15, 0.2) is 6.61 Å². The number of hydrogen-bond acceptors (Lipinski definition) is 4. The van der Waals surface area contributed by atoms with Crippen LogP contribution in [0.1, 0.15) is 0 Å². The lowest BCUT2D eigenvalue weighted by Gasteiger charge is -2.23. The van der Waals surface area contributed by atoms with Crippen molar-refractivity contribution in [3.63, 3.8) is 0 Å². The Morgan fingerprint density at radius 3 is 2.50 bits per heavy atom. The summed E-state index contributed by atoms with van der Waals surface area (Å²) in [4.78, 5) is 10.7. The Morgan fingerprint density at radius 2 is 1.88 bits per heavy atom. The lowest BCUT2D eigenvalue weighted by molar-refractivity contribution is -0.139. The van der Waals surface area contributed by atoms with Crippen LogP contribution in [0.2, 0.25) is 0 Å². The molecule has 0 fully saturated rings. The van der Waals surface area contributed by atoms with E-state index in [9.17, 15) is 13.2 Å². The Hall–Kier alpha value is -2.80. The molecular formula is C17H17NO5S. The highest BCUT2D eigenvalue weighted by Gasteiger charge is 2.24. The number of hydrogen-bond donors (Lipinski definition) is 1. The molecule has 0 aromatic heterocycles. The number of anilines is 1. The molecule has 126 valence electrons. The van der Waals surface area contributed by atoms with Crippen molar-refractivity contribution in [2.45, 2.75) is 4.90 Å². The van der Waals surface area contributed by atoms with E-state index >= 15 is 0 Å². The van der Waals surface area contributed by atoms with Gasteiger partial charge in [0.25, 0.3) is 10.0 Å². The minimum Gasteiger partial charge on any atom is -0.482 e. The first-order valence-electron chi connectivity index (χ1n) is 7.08. The molecule has 1 N–H and O–H groups in total. The second-order valence-electron chi connectivity index (χ2n) is 4.82. The number of rotatable bonds is 8. The van der Waals surface area contributed by atoms with Crippen molar-refractivity contribution in [1.29, 1.82) is 0 Å². The van der Waals surface area contributed by atoms with Crippen molar-refractivity contribution in [2.75, 3.05) is 17.5 Å². The fourth-order valence-electron chi connectivity index (χ4n) is 2.05. The molecule has 0 saturated carbocycles. The van der Waals surface area contributed by atoms with Crippen LogP contribution in [0.25, 0.3) is 0 Å². The summed E-state index contributed by atoms with van der Waals surface area (Å²) in [5.74, 6) is -0.840.